The molecule has 1 heterocycles. The van der Waals surface area contributed by atoms with E-state index in [1.807, 2.05) is 49.4 Å². The summed E-state index contributed by atoms with van der Waals surface area (Å²) >= 11 is 18.1. The van der Waals surface area contributed by atoms with Crippen LogP contribution in [-0.4, -0.2) is 54.3 Å². The molecule has 1 N–H and O–H groups in total. The predicted octanol–water partition coefficient (Wildman–Crippen LogP) is 5.22. The Hall–Kier alpha value is -1.37. The van der Waals surface area contributed by atoms with Crippen molar-refractivity contribution in [2.24, 2.45) is 0 Å². The van der Waals surface area contributed by atoms with Crippen LogP contribution in [0.4, 0.5) is 5.69 Å². The third-order valence-electron chi connectivity index (χ3n) is 4.94. The van der Waals surface area contributed by atoms with Gasteiger partial charge in [0.05, 0.1) is 23.9 Å². The van der Waals surface area contributed by atoms with Crippen molar-refractivity contribution in [1.29, 1.82) is 0 Å². The number of benzene rings is 2. The molecule has 4 nitrogen and oxygen atoms in total. The van der Waals surface area contributed by atoms with E-state index in [2.05, 4.69) is 15.1 Å². The van der Waals surface area contributed by atoms with Crippen molar-refractivity contribution in [2.45, 2.75) is 19.9 Å². The molecule has 2 aromatic carbocycles. The molecule has 0 radical (unpaired) electrons. The van der Waals surface area contributed by atoms with E-state index in [1.54, 1.807) is 0 Å². The zero-order chi connectivity index (χ0) is 20.6. The molecule has 0 amide bonds. The van der Waals surface area contributed by atoms with Crippen molar-refractivity contribution < 1.29 is 4.74 Å². The molecule has 0 saturated carbocycles. The molecule has 2 aromatic rings. The number of morpholine rings is 1. The molecule has 0 atom stereocenters. The van der Waals surface area contributed by atoms with E-state index >= 15 is 0 Å². The van der Waals surface area contributed by atoms with Crippen LogP contribution >= 0.6 is 35.4 Å². The highest BCUT2D eigenvalue weighted by molar-refractivity contribution is 7.80. The second-order valence-electron chi connectivity index (χ2n) is 7.27. The van der Waals surface area contributed by atoms with Crippen LogP contribution in [0.25, 0.3) is 0 Å². The first-order valence-electron chi connectivity index (χ1n) is 9.88. The van der Waals surface area contributed by atoms with Gasteiger partial charge in [-0.3, -0.25) is 4.90 Å². The van der Waals surface area contributed by atoms with Gasteiger partial charge in [-0.05, 0) is 61.0 Å². The van der Waals surface area contributed by atoms with E-state index in [0.717, 1.165) is 68.6 Å². The molecule has 156 valence electrons. The summed E-state index contributed by atoms with van der Waals surface area (Å²) in [6, 6.07) is 13.8. The van der Waals surface area contributed by atoms with E-state index in [-0.39, 0.29) is 0 Å². The summed E-state index contributed by atoms with van der Waals surface area (Å²) in [5.41, 5.74) is 3.14. The molecule has 1 aliphatic heterocycles. The van der Waals surface area contributed by atoms with Crippen LogP contribution in [0.5, 0.6) is 0 Å². The smallest absolute Gasteiger partial charge is 0.173 e. The summed E-state index contributed by atoms with van der Waals surface area (Å²) in [4.78, 5) is 4.63. The second-order valence-corrected chi connectivity index (χ2v) is 8.50. The predicted molar refractivity (Wildman–Crippen MR) is 126 cm³/mol. The summed E-state index contributed by atoms with van der Waals surface area (Å²) in [5, 5.41) is 5.41. The van der Waals surface area contributed by atoms with Gasteiger partial charge in [0.2, 0.25) is 0 Å². The Morgan fingerprint density at radius 2 is 1.86 bits per heavy atom. The Morgan fingerprint density at radius 3 is 2.59 bits per heavy atom. The molecular weight excluding hydrogens is 425 g/mol. The number of rotatable bonds is 7. The monoisotopic (exact) mass is 451 g/mol. The van der Waals surface area contributed by atoms with Crippen LogP contribution in [0, 0.1) is 6.92 Å². The lowest BCUT2D eigenvalue weighted by molar-refractivity contribution is 0.0368. The zero-order valence-electron chi connectivity index (χ0n) is 16.7. The summed E-state index contributed by atoms with van der Waals surface area (Å²) in [6.07, 6.45) is 1.02. The van der Waals surface area contributed by atoms with Crippen LogP contribution in [0.3, 0.4) is 0 Å². The minimum absolute atomic E-state index is 0.665. The number of thiocarbonyl (C=S) groups is 1. The van der Waals surface area contributed by atoms with Gasteiger partial charge in [-0.2, -0.15) is 0 Å². The summed E-state index contributed by atoms with van der Waals surface area (Å²) in [7, 11) is 0. The number of ether oxygens (including phenoxy) is 1. The van der Waals surface area contributed by atoms with Gasteiger partial charge in [0.15, 0.2) is 5.11 Å². The van der Waals surface area contributed by atoms with Gasteiger partial charge in [0, 0.05) is 37.7 Å². The summed E-state index contributed by atoms with van der Waals surface area (Å²) in [5.74, 6) is 0. The Morgan fingerprint density at radius 1 is 1.14 bits per heavy atom. The van der Waals surface area contributed by atoms with E-state index < -0.39 is 0 Å². The Balaban J connectivity index is 1.65. The van der Waals surface area contributed by atoms with Crippen molar-refractivity contribution in [1.82, 2.24) is 9.80 Å². The van der Waals surface area contributed by atoms with E-state index in [9.17, 15) is 0 Å². The number of nitrogens with zero attached hydrogens (tertiary/aromatic N) is 2. The fraction of sp³-hybridized carbons (Fsp3) is 0.409. The SMILES string of the molecule is Cc1ccc(Cl)c(NC(=S)N(CCCN2CCOCC2)Cc2ccc(Cl)cc2)c1. The third-order valence-corrected chi connectivity index (χ3v) is 5.89. The Labute approximate surface area is 188 Å². The van der Waals surface area contributed by atoms with Crippen LogP contribution in [0.2, 0.25) is 10.0 Å². The lowest BCUT2D eigenvalue weighted by Crippen LogP contribution is -2.40. The van der Waals surface area contributed by atoms with Gasteiger partial charge in [-0.25, -0.2) is 0 Å². The molecule has 29 heavy (non-hydrogen) atoms. The summed E-state index contributed by atoms with van der Waals surface area (Å²) < 4.78 is 5.44. The highest BCUT2D eigenvalue weighted by Gasteiger charge is 2.15. The number of nitrogens with one attached hydrogen (secondary N) is 1. The third kappa shape index (κ3) is 7.12. The Bertz CT molecular complexity index is 810. The first kappa shape index (κ1) is 22.3. The lowest BCUT2D eigenvalue weighted by Gasteiger charge is -2.30. The van der Waals surface area contributed by atoms with Gasteiger partial charge in [0.25, 0.3) is 0 Å². The molecule has 1 fully saturated rings. The normalized spacial score (nSPS) is 14.6. The van der Waals surface area contributed by atoms with Crippen molar-refractivity contribution in [3.8, 4) is 0 Å². The van der Waals surface area contributed by atoms with Crippen LogP contribution in [0.15, 0.2) is 42.5 Å². The average Bonchev–Trinajstić information content (AvgIpc) is 2.72. The largest absolute Gasteiger partial charge is 0.379 e. The van der Waals surface area contributed by atoms with Crippen molar-refractivity contribution in [3.63, 3.8) is 0 Å². The summed E-state index contributed by atoms with van der Waals surface area (Å²) in [6.45, 7) is 8.29. The van der Waals surface area contributed by atoms with Gasteiger partial charge in [0.1, 0.15) is 0 Å². The van der Waals surface area contributed by atoms with Crippen LogP contribution in [-0.2, 0) is 11.3 Å². The molecular formula is C22H27Cl2N3OS. The number of aryl methyl sites for hydroxylation is 1. The number of halogens is 2. The van der Waals surface area contributed by atoms with Gasteiger partial charge in [-0.1, -0.05) is 41.4 Å². The fourth-order valence-electron chi connectivity index (χ4n) is 3.30. The molecule has 1 aliphatic rings. The van der Waals surface area contributed by atoms with E-state index in [1.165, 1.54) is 5.56 Å². The maximum absolute atomic E-state index is 6.35. The molecule has 0 aliphatic carbocycles. The second kappa shape index (κ2) is 11.1. The van der Waals surface area contributed by atoms with Gasteiger partial charge < -0.3 is 15.0 Å². The molecule has 0 bridgehead atoms. The molecule has 0 unspecified atom stereocenters. The van der Waals surface area contributed by atoms with Crippen LogP contribution in [0.1, 0.15) is 17.5 Å². The average molecular weight is 452 g/mol. The van der Waals surface area contributed by atoms with E-state index in [0.29, 0.717) is 10.1 Å². The molecule has 3 rings (SSSR count). The Kier molecular flexibility index (Phi) is 8.57. The first-order chi connectivity index (χ1) is 14.0. The number of hydrogen-bond acceptors (Lipinski definition) is 3. The number of anilines is 1. The highest BCUT2D eigenvalue weighted by atomic mass is 35.5. The fourth-order valence-corrected chi connectivity index (χ4v) is 3.86. The minimum atomic E-state index is 0.665. The zero-order valence-corrected chi connectivity index (χ0v) is 19.0. The lowest BCUT2D eigenvalue weighted by atomic mass is 10.2. The highest BCUT2D eigenvalue weighted by Crippen LogP contribution is 2.23. The topological polar surface area (TPSA) is 27.7 Å². The molecule has 1 saturated heterocycles. The van der Waals surface area contributed by atoms with Crippen molar-refractivity contribution in [2.75, 3.05) is 44.7 Å². The maximum atomic E-state index is 6.35. The van der Waals surface area contributed by atoms with Gasteiger partial charge >= 0.3 is 0 Å². The molecule has 7 heteroatoms. The van der Waals surface area contributed by atoms with Crippen molar-refractivity contribution >= 4 is 46.2 Å². The van der Waals surface area contributed by atoms with Crippen molar-refractivity contribution in [3.05, 3.63) is 63.6 Å². The minimum Gasteiger partial charge on any atom is -0.379 e. The molecule has 0 spiro atoms. The van der Waals surface area contributed by atoms with Gasteiger partial charge in [-0.15, -0.1) is 0 Å². The maximum Gasteiger partial charge on any atom is 0.173 e. The quantitative estimate of drug-likeness (QED) is 0.582. The van der Waals surface area contributed by atoms with Crippen LogP contribution < -0.4 is 5.32 Å². The standard InChI is InChI=1S/C22H27Cl2N3OS/c1-17-3-8-20(24)21(15-17)25-22(29)27(16-18-4-6-19(23)7-5-18)10-2-9-26-11-13-28-14-12-26/h3-8,15H,2,9-14,16H2,1H3,(H,25,29). The number of hydrogen-bond donors (Lipinski definition) is 1. The van der Waals surface area contributed by atoms with E-state index in [4.69, 9.17) is 40.2 Å². The molecule has 0 aromatic heterocycles. The first-order valence-corrected chi connectivity index (χ1v) is 11.0.